The molecule has 5 aromatic rings. The van der Waals surface area contributed by atoms with Crippen molar-refractivity contribution in [2.45, 2.75) is 32.7 Å². The summed E-state index contributed by atoms with van der Waals surface area (Å²) < 4.78 is 6.51. The molecule has 6 rings (SSSR count). The molecule has 0 bridgehead atoms. The van der Waals surface area contributed by atoms with Gasteiger partial charge < -0.3 is 20.7 Å². The molecule has 2 aromatic heterocycles. The smallest absolute Gasteiger partial charge is 0.274 e. The highest BCUT2D eigenvalue weighted by atomic mass is 16.5. The van der Waals surface area contributed by atoms with E-state index >= 15 is 0 Å². The van der Waals surface area contributed by atoms with Crippen molar-refractivity contribution in [3.8, 4) is 5.75 Å². The molecule has 1 atom stereocenters. The molecule has 11 nitrogen and oxygen atoms in total. The molecule has 3 amide bonds. The van der Waals surface area contributed by atoms with Gasteiger partial charge in [-0.05, 0) is 67.6 Å². The lowest BCUT2D eigenvalue weighted by atomic mass is 9.96. The summed E-state index contributed by atoms with van der Waals surface area (Å²) >= 11 is 0. The number of hydrogen-bond donors (Lipinski definition) is 3. The molecule has 11 heteroatoms. The monoisotopic (exact) mass is 602 g/mol. The van der Waals surface area contributed by atoms with Crippen LogP contribution in [-0.2, 0) is 6.42 Å². The van der Waals surface area contributed by atoms with Crippen LogP contribution in [0, 0.1) is 6.92 Å². The van der Waals surface area contributed by atoms with Gasteiger partial charge in [0.1, 0.15) is 22.7 Å². The topological polar surface area (TPSA) is 144 Å². The highest BCUT2D eigenvalue weighted by Gasteiger charge is 2.29. The number of Topliss-reactive ketones (excluding diaryl/α,β-unsaturated/α-hetero) is 1. The lowest BCUT2D eigenvalue weighted by Crippen LogP contribution is -2.30. The maximum absolute atomic E-state index is 13.9. The number of fused-ring (bicyclic) bond motifs is 2. The average Bonchev–Trinajstić information content (AvgIpc) is 3.66. The fourth-order valence-corrected chi connectivity index (χ4v) is 5.66. The second-order valence-electron chi connectivity index (χ2n) is 10.8. The van der Waals surface area contributed by atoms with Crippen LogP contribution in [0.15, 0.2) is 79.0 Å². The van der Waals surface area contributed by atoms with E-state index in [0.29, 0.717) is 35.5 Å². The maximum atomic E-state index is 13.9. The average molecular weight is 603 g/mol. The number of ketones is 1. The predicted octanol–water partition coefficient (Wildman–Crippen LogP) is 5.17. The molecule has 0 saturated carbocycles. The molecule has 0 radical (unpaired) electrons. The quantitative estimate of drug-likeness (QED) is 0.208. The fourth-order valence-electron chi connectivity index (χ4n) is 5.66. The van der Waals surface area contributed by atoms with Crippen molar-refractivity contribution in [1.82, 2.24) is 19.9 Å². The van der Waals surface area contributed by atoms with Crippen molar-refractivity contribution in [2.75, 3.05) is 17.7 Å². The largest absolute Gasteiger partial charge is 0.497 e. The molecule has 1 aliphatic rings. The number of hydrogen-bond acceptors (Lipinski definition) is 7. The Hall–Kier alpha value is -5.84. The first-order valence-corrected chi connectivity index (χ1v) is 14.4. The van der Waals surface area contributed by atoms with Crippen LogP contribution >= 0.6 is 0 Å². The highest BCUT2D eigenvalue weighted by molar-refractivity contribution is 6.10. The first-order valence-electron chi connectivity index (χ1n) is 14.4. The summed E-state index contributed by atoms with van der Waals surface area (Å²) in [5.74, 6) is -1.04. The van der Waals surface area contributed by atoms with Crippen LogP contribution in [0.5, 0.6) is 5.75 Å². The van der Waals surface area contributed by atoms with Crippen molar-refractivity contribution in [3.63, 3.8) is 0 Å². The Bertz CT molecular complexity index is 1980. The second kappa shape index (κ2) is 12.0. The number of amides is 3. The summed E-state index contributed by atoms with van der Waals surface area (Å²) in [4.78, 5) is 57.2. The van der Waals surface area contributed by atoms with Gasteiger partial charge in [-0.15, -0.1) is 0 Å². The van der Waals surface area contributed by atoms with E-state index in [1.54, 1.807) is 54.6 Å². The van der Waals surface area contributed by atoms with Gasteiger partial charge in [0.25, 0.3) is 17.7 Å². The van der Waals surface area contributed by atoms with E-state index in [9.17, 15) is 19.2 Å². The van der Waals surface area contributed by atoms with Gasteiger partial charge in [0.2, 0.25) is 0 Å². The summed E-state index contributed by atoms with van der Waals surface area (Å²) in [5, 5.41) is 13.0. The lowest BCUT2D eigenvalue weighted by Gasteiger charge is -2.16. The Kier molecular flexibility index (Phi) is 7.82. The Morgan fingerprint density at radius 3 is 2.38 bits per heavy atom. The number of carbonyl (C=O) groups excluding carboxylic acids is 4. The Morgan fingerprint density at radius 1 is 0.867 bits per heavy atom. The minimum atomic E-state index is -0.589. The van der Waals surface area contributed by atoms with Gasteiger partial charge in [0, 0.05) is 29.1 Å². The first-order chi connectivity index (χ1) is 21.7. The molecule has 3 aromatic carbocycles. The number of para-hydroxylation sites is 1. The Balaban J connectivity index is 1.37. The first kappa shape index (κ1) is 29.2. The Labute approximate surface area is 258 Å². The number of nitrogens with one attached hydrogen (secondary N) is 3. The van der Waals surface area contributed by atoms with Crippen molar-refractivity contribution in [3.05, 3.63) is 118 Å². The summed E-state index contributed by atoms with van der Waals surface area (Å²) in [7, 11) is 1.52. The van der Waals surface area contributed by atoms with Crippen LogP contribution < -0.4 is 20.7 Å². The third-order valence-electron chi connectivity index (χ3n) is 7.92. The van der Waals surface area contributed by atoms with Crippen molar-refractivity contribution >= 4 is 40.5 Å². The van der Waals surface area contributed by atoms with E-state index in [0.717, 1.165) is 16.7 Å². The van der Waals surface area contributed by atoms with E-state index in [4.69, 9.17) is 4.74 Å². The number of ether oxygens (including phenoxy) is 1. The van der Waals surface area contributed by atoms with E-state index < -0.39 is 17.7 Å². The third kappa shape index (κ3) is 5.75. The Morgan fingerprint density at radius 2 is 1.62 bits per heavy atom. The standard InChI is InChI=1S/C34H30N6O5/c1-19-24(20(2)41)12-13-26-25(19)14-15-28(26)39-34(44)30-17-29(33(43)37-22-10-7-11-23(16-22)45-3)38-31-27(18-35-40(30)31)32(42)36-21-8-5-4-6-9-21/h4-13,16-18,28H,14-15H2,1-3H3,(H,36,42)(H,37,43)(H,39,44)/t28-/m0/s1. The zero-order valence-corrected chi connectivity index (χ0v) is 24.9. The molecule has 0 fully saturated rings. The van der Waals surface area contributed by atoms with E-state index in [2.05, 4.69) is 26.0 Å². The minimum Gasteiger partial charge on any atom is -0.497 e. The molecule has 3 N–H and O–H groups in total. The number of rotatable bonds is 8. The van der Waals surface area contributed by atoms with Crippen LogP contribution in [0.3, 0.4) is 0 Å². The second-order valence-corrected chi connectivity index (χ2v) is 10.8. The van der Waals surface area contributed by atoms with Crippen LogP contribution in [0.1, 0.15) is 77.8 Å². The molecule has 0 unspecified atom stereocenters. The van der Waals surface area contributed by atoms with Gasteiger partial charge in [0.05, 0.1) is 19.3 Å². The summed E-state index contributed by atoms with van der Waals surface area (Å²) in [6, 6.07) is 20.4. The van der Waals surface area contributed by atoms with E-state index in [-0.39, 0.29) is 34.4 Å². The molecule has 0 aliphatic heterocycles. The highest BCUT2D eigenvalue weighted by Crippen LogP contribution is 2.35. The predicted molar refractivity (Wildman–Crippen MR) is 168 cm³/mol. The van der Waals surface area contributed by atoms with Crippen molar-refractivity contribution in [2.24, 2.45) is 0 Å². The van der Waals surface area contributed by atoms with Crippen molar-refractivity contribution < 1.29 is 23.9 Å². The van der Waals surface area contributed by atoms with Crippen molar-refractivity contribution in [1.29, 1.82) is 0 Å². The van der Waals surface area contributed by atoms with Gasteiger partial charge in [-0.25, -0.2) is 9.50 Å². The number of nitrogens with zero attached hydrogens (tertiary/aromatic N) is 3. The normalized spacial score (nSPS) is 13.6. The summed E-state index contributed by atoms with van der Waals surface area (Å²) in [6.45, 7) is 3.46. The van der Waals surface area contributed by atoms with Crippen LogP contribution in [0.2, 0.25) is 0 Å². The molecule has 2 heterocycles. The van der Waals surface area contributed by atoms with Crippen LogP contribution in [0.4, 0.5) is 11.4 Å². The van der Waals surface area contributed by atoms with Gasteiger partial charge in [0.15, 0.2) is 11.4 Å². The molecule has 1 aliphatic carbocycles. The van der Waals surface area contributed by atoms with Crippen LogP contribution in [0.25, 0.3) is 5.65 Å². The molecular formula is C34H30N6O5. The van der Waals surface area contributed by atoms with Gasteiger partial charge in [-0.3, -0.25) is 19.2 Å². The van der Waals surface area contributed by atoms with Gasteiger partial charge in [-0.1, -0.05) is 36.4 Å². The SMILES string of the molecule is COc1cccc(NC(=O)c2cc(C(=O)N[C@H]3CCc4c3ccc(C(C)=O)c4C)n3ncc(C(=O)Nc4ccccc4)c3n2)c1. The van der Waals surface area contributed by atoms with Crippen LogP contribution in [-0.4, -0.2) is 45.2 Å². The number of methoxy groups -OCH3 is 1. The maximum Gasteiger partial charge on any atom is 0.274 e. The van der Waals surface area contributed by atoms with Gasteiger partial charge in [-0.2, -0.15) is 5.10 Å². The van der Waals surface area contributed by atoms with E-state index in [1.165, 1.54) is 30.8 Å². The third-order valence-corrected chi connectivity index (χ3v) is 7.92. The summed E-state index contributed by atoms with van der Waals surface area (Å²) in [5.41, 5.74) is 4.67. The molecule has 0 saturated heterocycles. The van der Waals surface area contributed by atoms with Gasteiger partial charge >= 0.3 is 0 Å². The lowest BCUT2D eigenvalue weighted by molar-refractivity contribution is 0.0927. The molecular weight excluding hydrogens is 572 g/mol. The molecule has 226 valence electrons. The zero-order chi connectivity index (χ0) is 31.7. The minimum absolute atomic E-state index is 0.00694. The molecule has 0 spiro atoms. The fraction of sp³-hybridized carbons (Fsp3) is 0.176. The molecule has 45 heavy (non-hydrogen) atoms. The number of anilines is 2. The number of benzene rings is 3. The number of aromatic nitrogens is 3. The zero-order valence-electron chi connectivity index (χ0n) is 24.9. The van der Waals surface area contributed by atoms with E-state index in [1.807, 2.05) is 19.1 Å². The summed E-state index contributed by atoms with van der Waals surface area (Å²) in [6.07, 6.45) is 2.67. The number of carbonyl (C=O) groups is 4.